The molecule has 1 aromatic carbocycles. The lowest BCUT2D eigenvalue weighted by molar-refractivity contribution is 0.407. The molecule has 0 atom stereocenters. The van der Waals surface area contributed by atoms with Crippen molar-refractivity contribution in [2.45, 2.75) is 26.4 Å². The van der Waals surface area contributed by atoms with Gasteiger partial charge in [-0.3, -0.25) is 0 Å². The Hall–Kier alpha value is -0.770. The minimum Gasteiger partial charge on any atom is -0.496 e. The molecular formula is C13H21ClN2O. The zero-order chi connectivity index (χ0) is 12.7. The quantitative estimate of drug-likeness (QED) is 0.736. The summed E-state index contributed by atoms with van der Waals surface area (Å²) in [5.41, 5.74) is 1.13. The van der Waals surface area contributed by atoms with Crippen LogP contribution in [-0.2, 0) is 6.54 Å². The van der Waals surface area contributed by atoms with Gasteiger partial charge in [0, 0.05) is 36.3 Å². The van der Waals surface area contributed by atoms with Crippen LogP contribution in [0.3, 0.4) is 0 Å². The predicted octanol–water partition coefficient (Wildman–Crippen LogP) is 2.44. The molecule has 4 heteroatoms. The molecule has 0 aliphatic rings. The Morgan fingerprint density at radius 2 is 2.06 bits per heavy atom. The molecule has 0 aromatic heterocycles. The van der Waals surface area contributed by atoms with Gasteiger partial charge in [-0.2, -0.15) is 0 Å². The number of nitrogens with one attached hydrogen (secondary N) is 2. The molecule has 2 N–H and O–H groups in total. The fraction of sp³-hybridized carbons (Fsp3) is 0.538. The van der Waals surface area contributed by atoms with E-state index < -0.39 is 0 Å². The van der Waals surface area contributed by atoms with E-state index >= 15 is 0 Å². The van der Waals surface area contributed by atoms with Crippen molar-refractivity contribution in [2.75, 3.05) is 20.2 Å². The summed E-state index contributed by atoms with van der Waals surface area (Å²) in [6.07, 6.45) is 0. The minimum atomic E-state index is 0.530. The molecule has 3 nitrogen and oxygen atoms in total. The van der Waals surface area contributed by atoms with Crippen LogP contribution < -0.4 is 15.4 Å². The van der Waals surface area contributed by atoms with Gasteiger partial charge in [0.1, 0.15) is 5.75 Å². The van der Waals surface area contributed by atoms with E-state index in [1.54, 1.807) is 7.11 Å². The minimum absolute atomic E-state index is 0.530. The second-order valence-electron chi connectivity index (χ2n) is 4.24. The van der Waals surface area contributed by atoms with Crippen molar-refractivity contribution in [3.8, 4) is 5.75 Å². The van der Waals surface area contributed by atoms with Crippen LogP contribution in [0.2, 0.25) is 5.02 Å². The van der Waals surface area contributed by atoms with Crippen LogP contribution in [0, 0.1) is 0 Å². The maximum atomic E-state index is 5.90. The molecule has 0 saturated carbocycles. The standard InChI is InChI=1S/C13H21ClN2O/c1-10(2)16-7-6-15-9-11-4-5-12(14)8-13(11)17-3/h4-5,8,10,15-16H,6-7,9H2,1-3H3. The van der Waals surface area contributed by atoms with Gasteiger partial charge in [-0.25, -0.2) is 0 Å². The molecule has 0 heterocycles. The summed E-state index contributed by atoms with van der Waals surface area (Å²) in [6.45, 7) is 6.97. The lowest BCUT2D eigenvalue weighted by Crippen LogP contribution is -2.31. The highest BCUT2D eigenvalue weighted by Gasteiger charge is 2.03. The zero-order valence-corrected chi connectivity index (χ0v) is 11.5. The fourth-order valence-electron chi connectivity index (χ4n) is 1.54. The molecule has 0 fully saturated rings. The van der Waals surface area contributed by atoms with E-state index in [-0.39, 0.29) is 0 Å². The van der Waals surface area contributed by atoms with Crippen molar-refractivity contribution in [3.63, 3.8) is 0 Å². The third kappa shape index (κ3) is 5.39. The second kappa shape index (κ2) is 7.54. The van der Waals surface area contributed by atoms with Crippen molar-refractivity contribution >= 4 is 11.6 Å². The molecule has 0 radical (unpaired) electrons. The van der Waals surface area contributed by atoms with Gasteiger partial charge >= 0.3 is 0 Å². The summed E-state index contributed by atoms with van der Waals surface area (Å²) in [5, 5.41) is 7.42. The average molecular weight is 257 g/mol. The first-order valence-corrected chi connectivity index (χ1v) is 6.27. The van der Waals surface area contributed by atoms with Crippen LogP contribution >= 0.6 is 11.6 Å². The molecule has 17 heavy (non-hydrogen) atoms. The molecule has 0 spiro atoms. The maximum absolute atomic E-state index is 5.90. The molecular weight excluding hydrogens is 236 g/mol. The monoisotopic (exact) mass is 256 g/mol. The summed E-state index contributed by atoms with van der Waals surface area (Å²) in [6, 6.07) is 6.24. The summed E-state index contributed by atoms with van der Waals surface area (Å²) in [7, 11) is 1.66. The number of hydrogen-bond acceptors (Lipinski definition) is 3. The Morgan fingerprint density at radius 3 is 2.71 bits per heavy atom. The van der Waals surface area contributed by atoms with Gasteiger partial charge in [0.15, 0.2) is 0 Å². The van der Waals surface area contributed by atoms with Gasteiger partial charge < -0.3 is 15.4 Å². The first-order valence-electron chi connectivity index (χ1n) is 5.90. The second-order valence-corrected chi connectivity index (χ2v) is 4.68. The Labute approximate surface area is 109 Å². The normalized spacial score (nSPS) is 10.9. The van der Waals surface area contributed by atoms with E-state index in [0.29, 0.717) is 11.1 Å². The Balaban J connectivity index is 2.36. The number of halogens is 1. The summed E-state index contributed by atoms with van der Waals surface area (Å²) < 4.78 is 5.28. The van der Waals surface area contributed by atoms with E-state index in [0.717, 1.165) is 30.9 Å². The van der Waals surface area contributed by atoms with Gasteiger partial charge in [0.25, 0.3) is 0 Å². The predicted molar refractivity (Wildman–Crippen MR) is 72.8 cm³/mol. The van der Waals surface area contributed by atoms with Crippen LogP contribution in [0.15, 0.2) is 18.2 Å². The number of methoxy groups -OCH3 is 1. The van der Waals surface area contributed by atoms with Crippen LogP contribution in [-0.4, -0.2) is 26.2 Å². The maximum Gasteiger partial charge on any atom is 0.124 e. The van der Waals surface area contributed by atoms with Crippen LogP contribution in [0.25, 0.3) is 0 Å². The number of ether oxygens (including phenoxy) is 1. The van der Waals surface area contributed by atoms with E-state index in [1.807, 2.05) is 18.2 Å². The Morgan fingerprint density at radius 1 is 1.29 bits per heavy atom. The van der Waals surface area contributed by atoms with Gasteiger partial charge in [0.05, 0.1) is 7.11 Å². The molecule has 96 valence electrons. The van der Waals surface area contributed by atoms with Crippen molar-refractivity contribution in [3.05, 3.63) is 28.8 Å². The molecule has 0 unspecified atom stereocenters. The van der Waals surface area contributed by atoms with E-state index in [9.17, 15) is 0 Å². The Kier molecular flexibility index (Phi) is 6.34. The van der Waals surface area contributed by atoms with Crippen LogP contribution in [0.1, 0.15) is 19.4 Å². The average Bonchev–Trinajstić information content (AvgIpc) is 2.29. The molecule has 0 aliphatic carbocycles. The lowest BCUT2D eigenvalue weighted by Gasteiger charge is -2.11. The molecule has 0 amide bonds. The number of rotatable bonds is 7. The SMILES string of the molecule is COc1cc(Cl)ccc1CNCCNC(C)C. The summed E-state index contributed by atoms with van der Waals surface area (Å²) in [5.74, 6) is 0.835. The van der Waals surface area contributed by atoms with Crippen LogP contribution in [0.4, 0.5) is 0 Å². The number of hydrogen-bond donors (Lipinski definition) is 2. The van der Waals surface area contributed by atoms with Crippen molar-refractivity contribution in [1.29, 1.82) is 0 Å². The highest BCUT2D eigenvalue weighted by Crippen LogP contribution is 2.22. The third-order valence-electron chi connectivity index (χ3n) is 2.42. The lowest BCUT2D eigenvalue weighted by atomic mass is 10.2. The zero-order valence-electron chi connectivity index (χ0n) is 10.7. The third-order valence-corrected chi connectivity index (χ3v) is 2.65. The van der Waals surface area contributed by atoms with Gasteiger partial charge in [-0.15, -0.1) is 0 Å². The molecule has 0 bridgehead atoms. The summed E-state index contributed by atoms with van der Waals surface area (Å²) in [4.78, 5) is 0. The van der Waals surface area contributed by atoms with Gasteiger partial charge in [-0.1, -0.05) is 31.5 Å². The molecule has 0 saturated heterocycles. The first-order chi connectivity index (χ1) is 8.13. The largest absolute Gasteiger partial charge is 0.496 e. The fourth-order valence-corrected chi connectivity index (χ4v) is 1.70. The van der Waals surface area contributed by atoms with E-state index in [1.165, 1.54) is 0 Å². The first kappa shape index (κ1) is 14.3. The van der Waals surface area contributed by atoms with Crippen molar-refractivity contribution in [1.82, 2.24) is 10.6 Å². The highest BCUT2D eigenvalue weighted by atomic mass is 35.5. The van der Waals surface area contributed by atoms with E-state index in [2.05, 4.69) is 24.5 Å². The molecule has 0 aliphatic heterocycles. The smallest absolute Gasteiger partial charge is 0.124 e. The van der Waals surface area contributed by atoms with Gasteiger partial charge in [-0.05, 0) is 12.1 Å². The summed E-state index contributed by atoms with van der Waals surface area (Å²) >= 11 is 5.90. The topological polar surface area (TPSA) is 33.3 Å². The van der Waals surface area contributed by atoms with Gasteiger partial charge in [0.2, 0.25) is 0 Å². The molecule has 1 aromatic rings. The van der Waals surface area contributed by atoms with Crippen LogP contribution in [0.5, 0.6) is 5.75 Å². The molecule has 1 rings (SSSR count). The van der Waals surface area contributed by atoms with Crippen molar-refractivity contribution in [2.24, 2.45) is 0 Å². The number of benzene rings is 1. The highest BCUT2D eigenvalue weighted by molar-refractivity contribution is 6.30. The Bertz CT molecular complexity index is 342. The van der Waals surface area contributed by atoms with E-state index in [4.69, 9.17) is 16.3 Å². The van der Waals surface area contributed by atoms with Crippen molar-refractivity contribution < 1.29 is 4.74 Å².